The van der Waals surface area contributed by atoms with Crippen LogP contribution >= 0.6 is 0 Å². The number of hydrogen-bond donors (Lipinski definition) is 2. The van der Waals surface area contributed by atoms with Crippen LogP contribution in [-0.2, 0) is 10.0 Å². The lowest BCUT2D eigenvalue weighted by Crippen LogP contribution is -2.32. The van der Waals surface area contributed by atoms with Crippen molar-refractivity contribution >= 4 is 10.0 Å². The Morgan fingerprint density at radius 3 is 2.85 bits per heavy atom. The van der Waals surface area contributed by atoms with Crippen LogP contribution in [0.25, 0.3) is 0 Å². The second-order valence-corrected chi connectivity index (χ2v) is 6.90. The van der Waals surface area contributed by atoms with Gasteiger partial charge in [0.05, 0.1) is 4.90 Å². The summed E-state index contributed by atoms with van der Waals surface area (Å²) in [6.07, 6.45) is 3.31. The Morgan fingerprint density at radius 1 is 1.45 bits per heavy atom. The van der Waals surface area contributed by atoms with Gasteiger partial charge >= 0.3 is 0 Å². The van der Waals surface area contributed by atoms with Gasteiger partial charge in [0.25, 0.3) is 0 Å². The van der Waals surface area contributed by atoms with Gasteiger partial charge in [-0.05, 0) is 37.5 Å². The zero-order chi connectivity index (χ0) is 14.6. The van der Waals surface area contributed by atoms with Crippen molar-refractivity contribution in [1.82, 2.24) is 4.72 Å². The van der Waals surface area contributed by atoms with Gasteiger partial charge in [-0.1, -0.05) is 30.7 Å². The fraction of sp³-hybridized carbons (Fsp3) is 0.467. The molecular weight excluding hydrogens is 274 g/mol. The number of aliphatic hydroxyl groups excluding tert-OH is 1. The van der Waals surface area contributed by atoms with E-state index in [-0.39, 0.29) is 17.5 Å². The van der Waals surface area contributed by atoms with Crippen molar-refractivity contribution in [3.63, 3.8) is 0 Å². The molecule has 1 unspecified atom stereocenters. The molecule has 5 heteroatoms. The lowest BCUT2D eigenvalue weighted by Gasteiger charge is -2.13. The fourth-order valence-electron chi connectivity index (χ4n) is 2.12. The number of benzene rings is 1. The van der Waals surface area contributed by atoms with Gasteiger partial charge in [0.2, 0.25) is 10.0 Å². The molecule has 0 radical (unpaired) electrons. The first kappa shape index (κ1) is 15.0. The van der Waals surface area contributed by atoms with Gasteiger partial charge in [-0.25, -0.2) is 13.1 Å². The third kappa shape index (κ3) is 4.34. The Hall–Kier alpha value is -1.35. The first-order chi connectivity index (χ1) is 9.51. The van der Waals surface area contributed by atoms with Crippen molar-refractivity contribution in [3.05, 3.63) is 29.8 Å². The summed E-state index contributed by atoms with van der Waals surface area (Å²) in [5.74, 6) is 5.89. The maximum atomic E-state index is 12.3. The third-order valence-electron chi connectivity index (χ3n) is 3.20. The first-order valence-electron chi connectivity index (χ1n) is 6.73. The highest BCUT2D eigenvalue weighted by Gasteiger charge is 2.26. The minimum absolute atomic E-state index is 0.0558. The molecule has 1 fully saturated rings. The largest absolute Gasteiger partial charge is 0.384 e. The summed E-state index contributed by atoms with van der Waals surface area (Å²) in [5.41, 5.74) is 0.580. The molecule has 4 nitrogen and oxygen atoms in total. The standard InChI is InChI=1S/C15H19NO3S/c1-12(10-14-7-8-14)16-20(18,19)15-6-2-4-13(11-15)5-3-9-17/h2,4,6,11-12,14,16-17H,7-10H2,1H3. The Morgan fingerprint density at radius 2 is 2.20 bits per heavy atom. The summed E-state index contributed by atoms with van der Waals surface area (Å²) in [6.45, 7) is 1.65. The highest BCUT2D eigenvalue weighted by Crippen LogP contribution is 2.33. The maximum absolute atomic E-state index is 12.3. The molecule has 20 heavy (non-hydrogen) atoms. The molecule has 0 heterocycles. The Bertz CT molecular complexity index is 624. The first-order valence-corrected chi connectivity index (χ1v) is 8.21. The van der Waals surface area contributed by atoms with Crippen molar-refractivity contribution in [1.29, 1.82) is 0 Å². The zero-order valence-electron chi connectivity index (χ0n) is 11.5. The molecule has 0 bridgehead atoms. The van der Waals surface area contributed by atoms with Crippen molar-refractivity contribution < 1.29 is 13.5 Å². The Kier molecular flexibility index (Phi) is 4.81. The molecule has 2 N–H and O–H groups in total. The van der Waals surface area contributed by atoms with Crippen molar-refractivity contribution in [3.8, 4) is 11.8 Å². The van der Waals surface area contributed by atoms with Crippen LogP contribution in [-0.4, -0.2) is 26.2 Å². The van der Waals surface area contributed by atoms with E-state index in [9.17, 15) is 8.42 Å². The van der Waals surface area contributed by atoms with Crippen LogP contribution < -0.4 is 4.72 Å². The molecule has 0 aliphatic heterocycles. The van der Waals surface area contributed by atoms with Crippen LogP contribution in [0.2, 0.25) is 0 Å². The van der Waals surface area contributed by atoms with Gasteiger partial charge in [0.15, 0.2) is 0 Å². The molecule has 0 aromatic heterocycles. The summed E-state index contributed by atoms with van der Waals surface area (Å²) in [7, 11) is -3.51. The maximum Gasteiger partial charge on any atom is 0.240 e. The molecule has 1 aromatic rings. The number of nitrogens with one attached hydrogen (secondary N) is 1. The topological polar surface area (TPSA) is 66.4 Å². The normalized spacial score (nSPS) is 16.3. The minimum atomic E-state index is -3.51. The van der Waals surface area contributed by atoms with Crippen LogP contribution in [0.3, 0.4) is 0 Å². The smallest absolute Gasteiger partial charge is 0.240 e. The van der Waals surface area contributed by atoms with Crippen molar-refractivity contribution in [2.24, 2.45) is 5.92 Å². The summed E-state index contributed by atoms with van der Waals surface area (Å²) in [6, 6.07) is 6.39. The van der Waals surface area contributed by atoms with Crippen molar-refractivity contribution in [2.75, 3.05) is 6.61 Å². The highest BCUT2D eigenvalue weighted by molar-refractivity contribution is 7.89. The molecule has 1 aromatic carbocycles. The summed E-state index contributed by atoms with van der Waals surface area (Å²) in [4.78, 5) is 0.213. The number of hydrogen-bond acceptors (Lipinski definition) is 3. The summed E-state index contributed by atoms with van der Waals surface area (Å²) in [5, 5.41) is 8.66. The zero-order valence-corrected chi connectivity index (χ0v) is 12.3. The van der Waals surface area contributed by atoms with Crippen LogP contribution in [0.5, 0.6) is 0 Å². The molecule has 1 saturated carbocycles. The van der Waals surface area contributed by atoms with Gasteiger partial charge in [-0.15, -0.1) is 0 Å². The number of rotatable bonds is 5. The van der Waals surface area contributed by atoms with Gasteiger partial charge < -0.3 is 5.11 Å². The van der Waals surface area contributed by atoms with Crippen LogP contribution in [0.4, 0.5) is 0 Å². The average molecular weight is 293 g/mol. The molecule has 108 valence electrons. The van der Waals surface area contributed by atoms with Crippen LogP contribution in [0, 0.1) is 17.8 Å². The fourth-order valence-corrected chi connectivity index (χ4v) is 3.42. The Labute approximate surface area is 120 Å². The van der Waals surface area contributed by atoms with E-state index < -0.39 is 10.0 Å². The van der Waals surface area contributed by atoms with E-state index in [2.05, 4.69) is 16.6 Å². The molecule has 1 aliphatic carbocycles. The van der Waals surface area contributed by atoms with Crippen LogP contribution in [0.15, 0.2) is 29.2 Å². The summed E-state index contributed by atoms with van der Waals surface area (Å²) >= 11 is 0. The van der Waals surface area contributed by atoms with E-state index >= 15 is 0 Å². The minimum Gasteiger partial charge on any atom is -0.384 e. The Balaban J connectivity index is 2.11. The van der Waals surface area contributed by atoms with E-state index in [0.29, 0.717) is 11.5 Å². The molecule has 0 amide bonds. The van der Waals surface area contributed by atoms with Gasteiger partial charge in [-0.2, -0.15) is 0 Å². The van der Waals surface area contributed by atoms with E-state index in [1.54, 1.807) is 18.2 Å². The third-order valence-corrected chi connectivity index (χ3v) is 4.78. The monoisotopic (exact) mass is 293 g/mol. The second-order valence-electron chi connectivity index (χ2n) is 5.19. The molecule has 1 aliphatic rings. The second kappa shape index (κ2) is 6.40. The van der Waals surface area contributed by atoms with E-state index in [1.807, 2.05) is 6.92 Å². The van der Waals surface area contributed by atoms with Crippen LogP contribution in [0.1, 0.15) is 31.7 Å². The highest BCUT2D eigenvalue weighted by atomic mass is 32.2. The molecule has 1 atom stereocenters. The SMILES string of the molecule is CC(CC1CC1)NS(=O)(=O)c1cccc(C#CCO)c1. The molecule has 0 spiro atoms. The summed E-state index contributed by atoms with van der Waals surface area (Å²) < 4.78 is 27.2. The lowest BCUT2D eigenvalue weighted by atomic mass is 10.2. The predicted octanol–water partition coefficient (Wildman–Crippen LogP) is 1.50. The molecule has 2 rings (SSSR count). The van der Waals surface area contributed by atoms with E-state index in [1.165, 1.54) is 18.9 Å². The average Bonchev–Trinajstić information content (AvgIpc) is 3.20. The number of sulfonamides is 1. The van der Waals surface area contributed by atoms with Gasteiger partial charge in [0.1, 0.15) is 6.61 Å². The van der Waals surface area contributed by atoms with E-state index in [4.69, 9.17) is 5.11 Å². The van der Waals surface area contributed by atoms with Crippen molar-refractivity contribution in [2.45, 2.75) is 37.1 Å². The van der Waals surface area contributed by atoms with E-state index in [0.717, 1.165) is 6.42 Å². The quantitative estimate of drug-likeness (QED) is 0.809. The van der Waals surface area contributed by atoms with Gasteiger partial charge in [0, 0.05) is 11.6 Å². The van der Waals surface area contributed by atoms with Gasteiger partial charge in [-0.3, -0.25) is 0 Å². The number of aliphatic hydroxyl groups is 1. The predicted molar refractivity (Wildman–Crippen MR) is 77.5 cm³/mol. The lowest BCUT2D eigenvalue weighted by molar-refractivity contribution is 0.350. The molecular formula is C15H19NO3S. The molecule has 0 saturated heterocycles.